The number of aromatic nitrogens is 2. The van der Waals surface area contributed by atoms with Crippen LogP contribution in [0.4, 0.5) is 13.2 Å². The van der Waals surface area contributed by atoms with E-state index in [0.717, 1.165) is 10.6 Å². The molecule has 3 atom stereocenters. The standard InChI is InChI=1S/C20H27F3N4O7/c21-20(22,23)18(32)25-8-4-2-1-3-7-24-15(30)6-5-12-10-27(19(33)26-17(12)31)16-9-13(29)14(11-28)34-16/h5-6,10,13-14,16,28-29H,1-4,7-9,11H2,(H,24,30)(H,25,32)(H,26,31,33)/b6-5+/t13-,14+,16+/m1/s1. The van der Waals surface area contributed by atoms with Gasteiger partial charge in [0, 0.05) is 31.8 Å². The molecule has 0 aromatic carbocycles. The maximum absolute atomic E-state index is 12.1. The molecule has 11 nitrogen and oxygen atoms in total. The van der Waals surface area contributed by atoms with Crippen LogP contribution in [0, 0.1) is 0 Å². The molecule has 0 saturated carbocycles. The number of nitrogens with one attached hydrogen (secondary N) is 3. The number of alkyl halides is 3. The summed E-state index contributed by atoms with van der Waals surface area (Å²) in [7, 11) is 0. The molecule has 0 bridgehead atoms. The Labute approximate surface area is 191 Å². The van der Waals surface area contributed by atoms with Crippen LogP contribution in [0.1, 0.15) is 43.9 Å². The minimum atomic E-state index is -4.89. The minimum Gasteiger partial charge on any atom is -0.394 e. The number of hydrogen-bond donors (Lipinski definition) is 5. The summed E-state index contributed by atoms with van der Waals surface area (Å²) in [4.78, 5) is 48.8. The number of unbranched alkanes of at least 4 members (excludes halogenated alkanes) is 3. The molecule has 0 radical (unpaired) electrons. The first-order valence-electron chi connectivity index (χ1n) is 10.6. The zero-order valence-corrected chi connectivity index (χ0v) is 18.1. The zero-order chi connectivity index (χ0) is 25.3. The van der Waals surface area contributed by atoms with Gasteiger partial charge in [0.2, 0.25) is 5.91 Å². The number of aliphatic hydroxyl groups is 2. The van der Waals surface area contributed by atoms with E-state index in [2.05, 4.69) is 10.3 Å². The summed E-state index contributed by atoms with van der Waals surface area (Å²) >= 11 is 0. The Morgan fingerprint density at radius 2 is 1.82 bits per heavy atom. The van der Waals surface area contributed by atoms with Gasteiger partial charge in [0.05, 0.1) is 18.3 Å². The SMILES string of the molecule is O=C(/C=C/c1cn([C@@H]2C[C@@H](O)[C@H](CO)O2)c(=O)[nH]c1=O)NCCCCCCNC(=O)C(F)(F)F. The zero-order valence-electron chi connectivity index (χ0n) is 18.1. The summed E-state index contributed by atoms with van der Waals surface area (Å²) < 4.78 is 42.6. The number of amides is 2. The van der Waals surface area contributed by atoms with Crippen LogP contribution in [0.5, 0.6) is 0 Å². The monoisotopic (exact) mass is 492 g/mol. The average molecular weight is 492 g/mol. The lowest BCUT2D eigenvalue weighted by Gasteiger charge is -2.14. The Morgan fingerprint density at radius 1 is 1.18 bits per heavy atom. The van der Waals surface area contributed by atoms with Gasteiger partial charge in [-0.1, -0.05) is 12.8 Å². The molecule has 0 unspecified atom stereocenters. The van der Waals surface area contributed by atoms with Crippen molar-refractivity contribution in [3.8, 4) is 0 Å². The number of carbonyl (C=O) groups excluding carboxylic acids is 2. The third-order valence-electron chi connectivity index (χ3n) is 5.05. The molecule has 0 aliphatic carbocycles. The van der Waals surface area contributed by atoms with Crippen molar-refractivity contribution in [2.75, 3.05) is 19.7 Å². The summed E-state index contributed by atoms with van der Waals surface area (Å²) in [5, 5.41) is 23.4. The highest BCUT2D eigenvalue weighted by atomic mass is 19.4. The molecule has 1 fully saturated rings. The fourth-order valence-electron chi connectivity index (χ4n) is 3.23. The van der Waals surface area contributed by atoms with Gasteiger partial charge in [0.1, 0.15) is 12.3 Å². The Bertz CT molecular complexity index is 990. The second kappa shape index (κ2) is 12.5. The van der Waals surface area contributed by atoms with Crippen molar-refractivity contribution in [2.24, 2.45) is 0 Å². The molecule has 1 aliphatic rings. The number of aliphatic hydroxyl groups excluding tert-OH is 2. The Balaban J connectivity index is 1.76. The van der Waals surface area contributed by atoms with Gasteiger partial charge in [-0.2, -0.15) is 13.2 Å². The number of H-pyrrole nitrogens is 1. The van der Waals surface area contributed by atoms with Crippen molar-refractivity contribution in [1.29, 1.82) is 0 Å². The second-order valence-electron chi connectivity index (χ2n) is 7.66. The van der Waals surface area contributed by atoms with Crippen LogP contribution in [0.25, 0.3) is 6.08 Å². The van der Waals surface area contributed by atoms with E-state index in [1.165, 1.54) is 12.3 Å². The maximum atomic E-state index is 12.1. The second-order valence-corrected chi connectivity index (χ2v) is 7.66. The summed E-state index contributed by atoms with van der Waals surface area (Å²) in [5.41, 5.74) is -1.48. The van der Waals surface area contributed by atoms with Gasteiger partial charge < -0.3 is 25.6 Å². The van der Waals surface area contributed by atoms with E-state index < -0.39 is 54.3 Å². The van der Waals surface area contributed by atoms with Gasteiger partial charge in [-0.25, -0.2) is 4.79 Å². The lowest BCUT2D eigenvalue weighted by Crippen LogP contribution is -2.37. The van der Waals surface area contributed by atoms with E-state index >= 15 is 0 Å². The number of halogens is 3. The average Bonchev–Trinajstić information content (AvgIpc) is 3.14. The summed E-state index contributed by atoms with van der Waals surface area (Å²) in [6, 6.07) is 0. The molecule has 1 aromatic heterocycles. The van der Waals surface area contributed by atoms with Crippen LogP contribution in [0.15, 0.2) is 21.9 Å². The van der Waals surface area contributed by atoms with Gasteiger partial charge in [-0.15, -0.1) is 0 Å². The Morgan fingerprint density at radius 3 is 2.41 bits per heavy atom. The van der Waals surface area contributed by atoms with Crippen molar-refractivity contribution >= 4 is 17.9 Å². The number of ether oxygens (including phenoxy) is 1. The quantitative estimate of drug-likeness (QED) is 0.206. The summed E-state index contributed by atoms with van der Waals surface area (Å²) in [6.07, 6.45) is -1.95. The molecular weight excluding hydrogens is 465 g/mol. The highest BCUT2D eigenvalue weighted by Crippen LogP contribution is 2.27. The van der Waals surface area contributed by atoms with Crippen LogP contribution < -0.4 is 21.9 Å². The molecule has 0 spiro atoms. The smallest absolute Gasteiger partial charge is 0.394 e. The Hall–Kier alpha value is -2.97. The first-order valence-corrected chi connectivity index (χ1v) is 10.6. The Kier molecular flexibility index (Phi) is 10.0. The van der Waals surface area contributed by atoms with E-state index in [-0.39, 0.29) is 18.5 Å². The van der Waals surface area contributed by atoms with Crippen LogP contribution >= 0.6 is 0 Å². The third kappa shape index (κ3) is 8.11. The van der Waals surface area contributed by atoms with E-state index in [0.29, 0.717) is 32.2 Å². The van der Waals surface area contributed by atoms with Gasteiger partial charge in [-0.3, -0.25) is 23.9 Å². The van der Waals surface area contributed by atoms with Crippen LogP contribution in [0.3, 0.4) is 0 Å². The number of nitrogens with zero attached hydrogens (tertiary/aromatic N) is 1. The van der Waals surface area contributed by atoms with Gasteiger partial charge in [-0.05, 0) is 18.9 Å². The predicted molar refractivity (Wildman–Crippen MR) is 113 cm³/mol. The van der Waals surface area contributed by atoms with Crippen LogP contribution in [-0.4, -0.2) is 69.7 Å². The van der Waals surface area contributed by atoms with Crippen molar-refractivity contribution < 1.29 is 37.7 Å². The van der Waals surface area contributed by atoms with Gasteiger partial charge in [0.25, 0.3) is 5.56 Å². The lowest BCUT2D eigenvalue weighted by atomic mass is 10.2. The van der Waals surface area contributed by atoms with E-state index in [1.54, 1.807) is 5.32 Å². The van der Waals surface area contributed by atoms with E-state index in [1.807, 2.05) is 0 Å². The number of aromatic amines is 1. The van der Waals surface area contributed by atoms with Crippen molar-refractivity contribution in [2.45, 2.75) is 56.7 Å². The molecule has 1 aliphatic heterocycles. The minimum absolute atomic E-state index is 0.00110. The molecule has 2 amide bonds. The van der Waals surface area contributed by atoms with Gasteiger partial charge >= 0.3 is 17.8 Å². The number of hydrogen-bond acceptors (Lipinski definition) is 7. The maximum Gasteiger partial charge on any atom is 0.471 e. The fourth-order valence-corrected chi connectivity index (χ4v) is 3.23. The topological polar surface area (TPSA) is 163 Å². The van der Waals surface area contributed by atoms with Gasteiger partial charge in [0.15, 0.2) is 0 Å². The largest absolute Gasteiger partial charge is 0.471 e. The fraction of sp³-hybridized carbons (Fsp3) is 0.600. The highest BCUT2D eigenvalue weighted by Gasteiger charge is 2.38. The third-order valence-corrected chi connectivity index (χ3v) is 5.05. The molecule has 190 valence electrons. The van der Waals surface area contributed by atoms with Crippen molar-refractivity contribution in [1.82, 2.24) is 20.2 Å². The predicted octanol–water partition coefficient (Wildman–Crippen LogP) is -0.454. The molecule has 2 heterocycles. The molecule has 5 N–H and O–H groups in total. The summed E-state index contributed by atoms with van der Waals surface area (Å²) in [6.45, 7) is -0.225. The molecule has 14 heteroatoms. The number of carbonyl (C=O) groups is 2. The molecular formula is C20H27F3N4O7. The first-order chi connectivity index (χ1) is 16.0. The van der Waals surface area contributed by atoms with Crippen LogP contribution in [-0.2, 0) is 14.3 Å². The molecule has 2 rings (SSSR count). The van der Waals surface area contributed by atoms with E-state index in [4.69, 9.17) is 9.84 Å². The normalized spacial score (nSPS) is 20.6. The highest BCUT2D eigenvalue weighted by molar-refractivity contribution is 5.91. The summed E-state index contributed by atoms with van der Waals surface area (Å²) in [5.74, 6) is -2.47. The van der Waals surface area contributed by atoms with E-state index in [9.17, 15) is 37.5 Å². The first kappa shape index (κ1) is 27.3. The van der Waals surface area contributed by atoms with Crippen LogP contribution in [0.2, 0.25) is 0 Å². The van der Waals surface area contributed by atoms with Crippen molar-refractivity contribution in [3.63, 3.8) is 0 Å². The van der Waals surface area contributed by atoms with Crippen molar-refractivity contribution in [3.05, 3.63) is 38.7 Å². The molecule has 1 aromatic rings. The molecule has 34 heavy (non-hydrogen) atoms. The number of rotatable bonds is 11. The molecule has 1 saturated heterocycles. The lowest BCUT2D eigenvalue weighted by molar-refractivity contribution is -0.173.